The van der Waals surface area contributed by atoms with Crippen LogP contribution < -0.4 is 0 Å². The highest BCUT2D eigenvalue weighted by molar-refractivity contribution is 7.51. The quantitative estimate of drug-likeness (QED) is 0.322. The number of rotatable bonds is 12. The van der Waals surface area contributed by atoms with Crippen LogP contribution in [0.4, 0.5) is 0 Å². The minimum atomic E-state index is -4.39. The van der Waals surface area contributed by atoms with E-state index in [1.807, 2.05) is 97.9 Å². The van der Waals surface area contributed by atoms with Crippen LogP contribution in [0, 0.1) is 5.92 Å². The standard InChI is InChI=1S/C29H35O7P/c1-22-26(20-33-17-23-11-5-2-6-12-23)36-27(21-37(30,31)32)29(35-19-25-15-9-4-10-16-25)28(22)34-18-24-13-7-3-8-14-24/h2-16,22,26-29H,17-21H2,1H3,(H2,30,31,32)/t22-,26-,27-,28+,29-/m1/s1. The lowest BCUT2D eigenvalue weighted by Crippen LogP contribution is -2.57. The molecule has 1 saturated heterocycles. The third-order valence-corrected chi connectivity index (χ3v) is 7.36. The molecule has 1 aliphatic rings. The molecule has 1 heterocycles. The summed E-state index contributed by atoms with van der Waals surface area (Å²) in [5, 5.41) is 0. The third kappa shape index (κ3) is 8.59. The lowest BCUT2D eigenvalue weighted by molar-refractivity contribution is -0.235. The topological polar surface area (TPSA) is 94.5 Å². The van der Waals surface area contributed by atoms with E-state index in [0.717, 1.165) is 16.7 Å². The normalized spacial score (nSPS) is 24.1. The fraction of sp³-hybridized carbons (Fsp3) is 0.379. The van der Waals surface area contributed by atoms with E-state index >= 15 is 0 Å². The van der Waals surface area contributed by atoms with Crippen LogP contribution in [0.25, 0.3) is 0 Å². The van der Waals surface area contributed by atoms with Gasteiger partial charge in [-0.15, -0.1) is 0 Å². The molecule has 4 rings (SSSR count). The molecule has 0 bridgehead atoms. The fourth-order valence-electron chi connectivity index (χ4n) is 4.57. The lowest BCUT2D eigenvalue weighted by Gasteiger charge is -2.45. The average Bonchev–Trinajstić information content (AvgIpc) is 2.89. The Kier molecular flexibility index (Phi) is 10.1. The Balaban J connectivity index is 1.52. The Morgan fingerprint density at radius 2 is 1.16 bits per heavy atom. The summed E-state index contributed by atoms with van der Waals surface area (Å²) in [4.78, 5) is 19.7. The van der Waals surface area contributed by atoms with Gasteiger partial charge in [-0.05, 0) is 16.7 Å². The molecule has 37 heavy (non-hydrogen) atoms. The SMILES string of the molecule is C[C@H]1[C@H](OCc2ccccc2)[C@H](OCc2ccccc2)[C@@H](CP(=O)(O)O)O[C@@H]1COCc1ccccc1. The highest BCUT2D eigenvalue weighted by atomic mass is 31.2. The van der Waals surface area contributed by atoms with Gasteiger partial charge in [-0.3, -0.25) is 4.57 Å². The van der Waals surface area contributed by atoms with Gasteiger partial charge in [-0.25, -0.2) is 0 Å². The van der Waals surface area contributed by atoms with Gasteiger partial charge in [0, 0.05) is 5.92 Å². The molecular weight excluding hydrogens is 491 g/mol. The minimum absolute atomic E-state index is 0.145. The van der Waals surface area contributed by atoms with Crippen LogP contribution in [0.3, 0.4) is 0 Å². The van der Waals surface area contributed by atoms with Gasteiger partial charge in [-0.1, -0.05) is 97.9 Å². The molecule has 0 amide bonds. The molecule has 1 aliphatic heterocycles. The Morgan fingerprint density at radius 3 is 1.65 bits per heavy atom. The molecule has 7 nitrogen and oxygen atoms in total. The zero-order valence-electron chi connectivity index (χ0n) is 21.0. The van der Waals surface area contributed by atoms with E-state index in [1.165, 1.54) is 0 Å². The average molecular weight is 527 g/mol. The van der Waals surface area contributed by atoms with Crippen LogP contribution in [-0.4, -0.2) is 47.0 Å². The molecule has 1 fully saturated rings. The van der Waals surface area contributed by atoms with E-state index in [1.54, 1.807) is 0 Å². The van der Waals surface area contributed by atoms with Gasteiger partial charge in [-0.2, -0.15) is 0 Å². The van der Waals surface area contributed by atoms with Gasteiger partial charge in [0.25, 0.3) is 0 Å². The molecule has 2 N–H and O–H groups in total. The molecule has 5 atom stereocenters. The van der Waals surface area contributed by atoms with Crippen LogP contribution in [0.1, 0.15) is 23.6 Å². The summed E-state index contributed by atoms with van der Waals surface area (Å²) in [6.45, 7) is 3.32. The summed E-state index contributed by atoms with van der Waals surface area (Å²) in [6, 6.07) is 29.3. The van der Waals surface area contributed by atoms with Crippen molar-refractivity contribution >= 4 is 7.60 Å². The maximum Gasteiger partial charge on any atom is 0.328 e. The lowest BCUT2D eigenvalue weighted by atomic mass is 9.88. The molecule has 0 unspecified atom stereocenters. The molecule has 3 aromatic carbocycles. The zero-order chi connectivity index (χ0) is 26.1. The van der Waals surface area contributed by atoms with Gasteiger partial charge in [0.15, 0.2) is 0 Å². The summed E-state index contributed by atoms with van der Waals surface area (Å²) in [7, 11) is -4.39. The van der Waals surface area contributed by atoms with Crippen molar-refractivity contribution in [2.24, 2.45) is 5.92 Å². The fourth-order valence-corrected chi connectivity index (χ4v) is 5.33. The van der Waals surface area contributed by atoms with Crippen molar-refractivity contribution in [1.82, 2.24) is 0 Å². The van der Waals surface area contributed by atoms with Crippen LogP contribution in [0.5, 0.6) is 0 Å². The van der Waals surface area contributed by atoms with E-state index in [0.29, 0.717) is 13.2 Å². The van der Waals surface area contributed by atoms with Crippen LogP contribution in [0.2, 0.25) is 0 Å². The second-order valence-corrected chi connectivity index (χ2v) is 11.1. The first-order chi connectivity index (χ1) is 17.9. The Bertz CT molecular complexity index is 1110. The molecule has 0 aliphatic carbocycles. The van der Waals surface area contributed by atoms with Gasteiger partial charge < -0.3 is 28.7 Å². The van der Waals surface area contributed by atoms with E-state index in [2.05, 4.69) is 0 Å². The van der Waals surface area contributed by atoms with Crippen LogP contribution >= 0.6 is 7.60 Å². The van der Waals surface area contributed by atoms with Crippen molar-refractivity contribution in [3.63, 3.8) is 0 Å². The first-order valence-corrected chi connectivity index (χ1v) is 14.3. The number of ether oxygens (including phenoxy) is 4. The van der Waals surface area contributed by atoms with Crippen molar-refractivity contribution in [1.29, 1.82) is 0 Å². The number of hydrogen-bond acceptors (Lipinski definition) is 5. The van der Waals surface area contributed by atoms with E-state index in [-0.39, 0.29) is 19.1 Å². The monoisotopic (exact) mass is 526 g/mol. The second kappa shape index (κ2) is 13.4. The van der Waals surface area contributed by atoms with Crippen molar-refractivity contribution in [2.75, 3.05) is 12.8 Å². The third-order valence-electron chi connectivity index (χ3n) is 6.53. The highest BCUT2D eigenvalue weighted by Crippen LogP contribution is 2.41. The van der Waals surface area contributed by atoms with Gasteiger partial charge in [0.05, 0.1) is 50.9 Å². The zero-order valence-corrected chi connectivity index (χ0v) is 21.9. The maximum absolute atomic E-state index is 12.1. The summed E-state index contributed by atoms with van der Waals surface area (Å²) >= 11 is 0. The summed E-state index contributed by atoms with van der Waals surface area (Å²) in [5.74, 6) is -0.145. The largest absolute Gasteiger partial charge is 0.374 e. The van der Waals surface area contributed by atoms with Crippen molar-refractivity contribution in [2.45, 2.75) is 51.2 Å². The summed E-state index contributed by atoms with van der Waals surface area (Å²) in [6.07, 6.45) is -2.86. The maximum atomic E-state index is 12.1. The molecule has 0 saturated carbocycles. The smallest absolute Gasteiger partial charge is 0.328 e. The van der Waals surface area contributed by atoms with Gasteiger partial charge >= 0.3 is 7.60 Å². The van der Waals surface area contributed by atoms with Gasteiger partial charge in [0.1, 0.15) is 6.10 Å². The van der Waals surface area contributed by atoms with Crippen LogP contribution in [-0.2, 0) is 43.3 Å². The molecule has 0 aromatic heterocycles. The van der Waals surface area contributed by atoms with Gasteiger partial charge in [0.2, 0.25) is 0 Å². The Hall–Kier alpha value is -2.35. The Morgan fingerprint density at radius 1 is 0.703 bits per heavy atom. The van der Waals surface area contributed by atoms with E-state index in [4.69, 9.17) is 18.9 Å². The predicted octanol–water partition coefficient (Wildman–Crippen LogP) is 4.96. The highest BCUT2D eigenvalue weighted by Gasteiger charge is 2.47. The predicted molar refractivity (Wildman–Crippen MR) is 141 cm³/mol. The molecule has 3 aromatic rings. The first-order valence-electron chi connectivity index (χ1n) is 12.5. The molecular formula is C29H35O7P. The van der Waals surface area contributed by atoms with E-state index < -0.39 is 38.2 Å². The molecule has 198 valence electrons. The van der Waals surface area contributed by atoms with Crippen molar-refractivity contribution in [3.05, 3.63) is 108 Å². The second-order valence-electron chi connectivity index (χ2n) is 9.44. The summed E-state index contributed by atoms with van der Waals surface area (Å²) in [5.41, 5.74) is 3.00. The summed E-state index contributed by atoms with van der Waals surface area (Å²) < 4.78 is 37.0. The van der Waals surface area contributed by atoms with Crippen molar-refractivity contribution < 1.29 is 33.3 Å². The Labute approximate surface area is 218 Å². The number of hydrogen-bond donors (Lipinski definition) is 2. The molecule has 0 radical (unpaired) electrons. The first kappa shape index (κ1) is 27.7. The molecule has 8 heteroatoms. The van der Waals surface area contributed by atoms with E-state index in [9.17, 15) is 14.4 Å². The minimum Gasteiger partial charge on any atom is -0.374 e. The van der Waals surface area contributed by atoms with Crippen molar-refractivity contribution in [3.8, 4) is 0 Å². The van der Waals surface area contributed by atoms with Crippen LogP contribution in [0.15, 0.2) is 91.0 Å². The molecule has 0 spiro atoms. The number of benzene rings is 3.